The smallest absolute Gasteiger partial charge is 0.262 e. The summed E-state index contributed by atoms with van der Waals surface area (Å²) in [7, 11) is 0. The van der Waals surface area contributed by atoms with Crippen LogP contribution in [0.25, 0.3) is 0 Å². The molecule has 6 nitrogen and oxygen atoms in total. The van der Waals surface area contributed by atoms with Gasteiger partial charge >= 0.3 is 0 Å². The van der Waals surface area contributed by atoms with Crippen molar-refractivity contribution in [1.29, 1.82) is 0 Å². The molecule has 0 N–H and O–H groups in total. The van der Waals surface area contributed by atoms with E-state index < -0.39 is 11.8 Å². The number of carbonyl (C=O) groups excluding carboxylic acids is 3. The fourth-order valence-corrected chi connectivity index (χ4v) is 4.02. The van der Waals surface area contributed by atoms with Crippen LogP contribution in [0.1, 0.15) is 26.3 Å². The van der Waals surface area contributed by atoms with E-state index in [1.54, 1.807) is 29.2 Å². The Kier molecular flexibility index (Phi) is 4.81. The second-order valence-corrected chi connectivity index (χ2v) is 7.48. The number of piperazine rings is 1. The molecule has 2 aliphatic heterocycles. The standard InChI is InChI=1S/C21H20ClN3O3/c1-14-12-15(22)6-7-18(14)23-8-10-24(11-9-23)19(26)13-25-20(27)16-4-2-3-5-17(16)21(25)28/h2-7,12H,8-11,13H2,1H3. The Morgan fingerprint density at radius 1 is 0.964 bits per heavy atom. The molecule has 28 heavy (non-hydrogen) atoms. The Bertz CT molecular complexity index is 932. The highest BCUT2D eigenvalue weighted by Crippen LogP contribution is 2.25. The fraction of sp³-hybridized carbons (Fsp3) is 0.286. The zero-order valence-electron chi connectivity index (χ0n) is 15.5. The quantitative estimate of drug-likeness (QED) is 0.747. The number of aryl methyl sites for hydroxylation is 1. The van der Waals surface area contributed by atoms with E-state index in [2.05, 4.69) is 4.90 Å². The molecule has 2 aliphatic rings. The summed E-state index contributed by atoms with van der Waals surface area (Å²) in [6, 6.07) is 12.5. The molecule has 0 atom stereocenters. The van der Waals surface area contributed by atoms with Crippen molar-refractivity contribution in [3.8, 4) is 0 Å². The van der Waals surface area contributed by atoms with Crippen molar-refractivity contribution < 1.29 is 14.4 Å². The normalized spacial score (nSPS) is 16.6. The molecule has 4 rings (SSSR count). The third-order valence-corrected chi connectivity index (χ3v) is 5.54. The first-order valence-corrected chi connectivity index (χ1v) is 9.57. The Hall–Kier alpha value is -2.86. The van der Waals surface area contributed by atoms with Gasteiger partial charge in [0, 0.05) is 36.9 Å². The molecule has 0 radical (unpaired) electrons. The molecule has 0 aliphatic carbocycles. The average molecular weight is 398 g/mol. The third-order valence-electron chi connectivity index (χ3n) is 5.30. The average Bonchev–Trinajstić information content (AvgIpc) is 2.93. The van der Waals surface area contributed by atoms with E-state index in [9.17, 15) is 14.4 Å². The summed E-state index contributed by atoms with van der Waals surface area (Å²) in [5.74, 6) is -1.00. The third kappa shape index (κ3) is 3.24. The summed E-state index contributed by atoms with van der Waals surface area (Å²) in [5.41, 5.74) is 2.93. The highest BCUT2D eigenvalue weighted by atomic mass is 35.5. The zero-order chi connectivity index (χ0) is 19.8. The van der Waals surface area contributed by atoms with E-state index in [4.69, 9.17) is 11.6 Å². The summed E-state index contributed by atoms with van der Waals surface area (Å²) >= 11 is 6.03. The summed E-state index contributed by atoms with van der Waals surface area (Å²) < 4.78 is 0. The minimum Gasteiger partial charge on any atom is -0.368 e. The first-order valence-electron chi connectivity index (χ1n) is 9.20. The number of nitrogens with zero attached hydrogens (tertiary/aromatic N) is 3. The topological polar surface area (TPSA) is 60.9 Å². The van der Waals surface area contributed by atoms with Crippen LogP contribution in [0.2, 0.25) is 5.02 Å². The van der Waals surface area contributed by atoms with Gasteiger partial charge in [0.25, 0.3) is 11.8 Å². The minimum absolute atomic E-state index is 0.206. The molecule has 0 saturated carbocycles. The number of anilines is 1. The van der Waals surface area contributed by atoms with Crippen molar-refractivity contribution in [2.75, 3.05) is 37.6 Å². The van der Waals surface area contributed by atoms with Gasteiger partial charge in [-0.2, -0.15) is 0 Å². The maximum Gasteiger partial charge on any atom is 0.262 e. The van der Waals surface area contributed by atoms with Crippen molar-refractivity contribution in [2.45, 2.75) is 6.92 Å². The molecular formula is C21H20ClN3O3. The van der Waals surface area contributed by atoms with E-state index in [0.29, 0.717) is 42.3 Å². The number of halogens is 1. The molecule has 2 heterocycles. The van der Waals surface area contributed by atoms with Crippen molar-refractivity contribution in [2.24, 2.45) is 0 Å². The molecule has 2 aromatic carbocycles. The first-order chi connectivity index (χ1) is 13.5. The largest absolute Gasteiger partial charge is 0.368 e. The van der Waals surface area contributed by atoms with Crippen LogP contribution < -0.4 is 4.90 Å². The minimum atomic E-state index is -0.399. The predicted octanol–water partition coefficient (Wildman–Crippen LogP) is 2.59. The van der Waals surface area contributed by atoms with Gasteiger partial charge in [0.05, 0.1) is 11.1 Å². The molecule has 0 bridgehead atoms. The lowest BCUT2D eigenvalue weighted by Crippen LogP contribution is -2.52. The van der Waals surface area contributed by atoms with Crippen LogP contribution in [-0.2, 0) is 4.79 Å². The Morgan fingerprint density at radius 3 is 2.14 bits per heavy atom. The Morgan fingerprint density at radius 2 is 1.57 bits per heavy atom. The molecular weight excluding hydrogens is 378 g/mol. The van der Waals surface area contributed by atoms with Crippen LogP contribution in [-0.4, -0.2) is 60.2 Å². The summed E-state index contributed by atoms with van der Waals surface area (Å²) in [6.07, 6.45) is 0. The monoisotopic (exact) mass is 397 g/mol. The molecule has 7 heteroatoms. The lowest BCUT2D eigenvalue weighted by molar-refractivity contribution is -0.131. The number of imide groups is 1. The van der Waals surface area contributed by atoms with Crippen molar-refractivity contribution in [1.82, 2.24) is 9.80 Å². The Balaban J connectivity index is 1.39. The van der Waals surface area contributed by atoms with Crippen LogP contribution in [0, 0.1) is 6.92 Å². The van der Waals surface area contributed by atoms with Crippen LogP contribution >= 0.6 is 11.6 Å². The summed E-state index contributed by atoms with van der Waals surface area (Å²) in [5, 5.41) is 0.705. The molecule has 0 unspecified atom stereocenters. The Labute approximate surface area is 168 Å². The van der Waals surface area contributed by atoms with Crippen LogP contribution in [0.15, 0.2) is 42.5 Å². The number of hydrogen-bond acceptors (Lipinski definition) is 4. The number of rotatable bonds is 3. The molecule has 0 aromatic heterocycles. The zero-order valence-corrected chi connectivity index (χ0v) is 16.3. The van der Waals surface area contributed by atoms with Crippen molar-refractivity contribution in [3.63, 3.8) is 0 Å². The molecule has 1 fully saturated rings. The number of carbonyl (C=O) groups is 3. The van der Waals surface area contributed by atoms with Gasteiger partial charge in [-0.3, -0.25) is 19.3 Å². The van der Waals surface area contributed by atoms with Gasteiger partial charge in [-0.05, 0) is 42.8 Å². The van der Waals surface area contributed by atoms with Crippen molar-refractivity contribution >= 4 is 35.0 Å². The number of amides is 3. The van der Waals surface area contributed by atoms with E-state index in [-0.39, 0.29) is 12.5 Å². The van der Waals surface area contributed by atoms with Gasteiger partial charge in [-0.15, -0.1) is 0 Å². The number of benzene rings is 2. The highest BCUT2D eigenvalue weighted by Gasteiger charge is 2.37. The highest BCUT2D eigenvalue weighted by molar-refractivity contribution is 6.30. The second kappa shape index (κ2) is 7.28. The van der Waals surface area contributed by atoms with Crippen LogP contribution in [0.4, 0.5) is 5.69 Å². The maximum atomic E-state index is 12.7. The lowest BCUT2D eigenvalue weighted by Gasteiger charge is -2.37. The van der Waals surface area contributed by atoms with Gasteiger partial charge in [0.15, 0.2) is 0 Å². The van der Waals surface area contributed by atoms with Gasteiger partial charge in [-0.1, -0.05) is 23.7 Å². The van der Waals surface area contributed by atoms with Gasteiger partial charge in [0.1, 0.15) is 6.54 Å². The summed E-state index contributed by atoms with van der Waals surface area (Å²) in [6.45, 7) is 4.27. The summed E-state index contributed by atoms with van der Waals surface area (Å²) in [4.78, 5) is 42.6. The van der Waals surface area contributed by atoms with Crippen molar-refractivity contribution in [3.05, 3.63) is 64.2 Å². The number of hydrogen-bond donors (Lipinski definition) is 0. The van der Waals surface area contributed by atoms with Crippen LogP contribution in [0.5, 0.6) is 0 Å². The molecule has 3 amide bonds. The fourth-order valence-electron chi connectivity index (χ4n) is 3.79. The van der Waals surface area contributed by atoms with Gasteiger partial charge in [-0.25, -0.2) is 0 Å². The van der Waals surface area contributed by atoms with Crippen LogP contribution in [0.3, 0.4) is 0 Å². The van der Waals surface area contributed by atoms with Gasteiger partial charge in [0.2, 0.25) is 5.91 Å². The predicted molar refractivity (Wildman–Crippen MR) is 107 cm³/mol. The lowest BCUT2D eigenvalue weighted by atomic mass is 10.1. The van der Waals surface area contributed by atoms with E-state index in [0.717, 1.165) is 16.2 Å². The van der Waals surface area contributed by atoms with Gasteiger partial charge < -0.3 is 9.80 Å². The number of fused-ring (bicyclic) bond motifs is 1. The van der Waals surface area contributed by atoms with E-state index >= 15 is 0 Å². The second-order valence-electron chi connectivity index (χ2n) is 7.04. The molecule has 1 saturated heterocycles. The molecule has 2 aromatic rings. The molecule has 0 spiro atoms. The molecule has 144 valence electrons. The first kappa shape index (κ1) is 18.5. The van der Waals surface area contributed by atoms with E-state index in [1.165, 1.54) is 0 Å². The SMILES string of the molecule is Cc1cc(Cl)ccc1N1CCN(C(=O)CN2C(=O)c3ccccc3C2=O)CC1. The van der Waals surface area contributed by atoms with E-state index in [1.807, 2.05) is 25.1 Å². The maximum absolute atomic E-state index is 12.7.